The van der Waals surface area contributed by atoms with Crippen LogP contribution >= 0.6 is 23.4 Å². The number of carbonyl (C=O) groups excluding carboxylic acids is 1. The number of rotatable bonds is 7. The molecule has 1 aromatic heterocycles. The van der Waals surface area contributed by atoms with E-state index in [1.165, 1.54) is 17.3 Å². The van der Waals surface area contributed by atoms with Gasteiger partial charge in [-0.25, -0.2) is 0 Å². The number of hydrogen-bond donors (Lipinski definition) is 1. The molecule has 0 fully saturated rings. The van der Waals surface area contributed by atoms with E-state index in [1.807, 2.05) is 62.4 Å². The van der Waals surface area contributed by atoms with Crippen molar-refractivity contribution in [3.05, 3.63) is 65.0 Å². The summed E-state index contributed by atoms with van der Waals surface area (Å²) in [6.07, 6.45) is 0.706. The molecule has 3 rings (SSSR count). The first-order valence-corrected chi connectivity index (χ1v) is 9.90. The van der Waals surface area contributed by atoms with Gasteiger partial charge >= 0.3 is 0 Å². The fraction of sp³-hybridized carbons (Fsp3) is 0.250. The molecule has 0 bridgehead atoms. The number of aromatic nitrogens is 2. The first kappa shape index (κ1) is 19.5. The van der Waals surface area contributed by atoms with Gasteiger partial charge in [0.2, 0.25) is 17.6 Å². The number of hydrogen-bond acceptors (Lipinski definition) is 5. The molecule has 0 aliphatic heterocycles. The molecule has 0 aliphatic rings. The molecule has 7 heteroatoms. The summed E-state index contributed by atoms with van der Waals surface area (Å²) in [5.74, 6) is 0.833. The number of carbonyl (C=O) groups is 1. The molecule has 1 atom stereocenters. The average molecular weight is 402 g/mol. The molecule has 5 nitrogen and oxygen atoms in total. The van der Waals surface area contributed by atoms with Crippen LogP contribution in [0.5, 0.6) is 0 Å². The number of thioether (sulfide) groups is 1. The fourth-order valence-corrected chi connectivity index (χ4v) is 3.53. The topological polar surface area (TPSA) is 68.0 Å². The van der Waals surface area contributed by atoms with Gasteiger partial charge in [-0.1, -0.05) is 53.5 Å². The maximum atomic E-state index is 12.5. The third kappa shape index (κ3) is 5.34. The summed E-state index contributed by atoms with van der Waals surface area (Å²) in [4.78, 5) is 17.8. The van der Waals surface area contributed by atoms with Gasteiger partial charge in [0.25, 0.3) is 0 Å². The Kier molecular flexibility index (Phi) is 6.53. The SMILES string of the molecule is CC[C@@H](Sc1ccc(Cl)cc1)C(=O)NCc1nc(-c2ccc(C)cc2)no1. The first-order valence-electron chi connectivity index (χ1n) is 8.64. The van der Waals surface area contributed by atoms with E-state index in [0.717, 1.165) is 10.5 Å². The second kappa shape index (κ2) is 9.06. The molecule has 0 radical (unpaired) electrons. The maximum absolute atomic E-state index is 12.5. The minimum atomic E-state index is -0.203. The Bertz CT molecular complexity index is 894. The van der Waals surface area contributed by atoms with E-state index in [4.69, 9.17) is 16.1 Å². The summed E-state index contributed by atoms with van der Waals surface area (Å²) < 4.78 is 5.25. The highest BCUT2D eigenvalue weighted by Crippen LogP contribution is 2.27. The maximum Gasteiger partial charge on any atom is 0.246 e. The highest BCUT2D eigenvalue weighted by molar-refractivity contribution is 8.00. The predicted octanol–water partition coefficient (Wildman–Crippen LogP) is 4.89. The van der Waals surface area contributed by atoms with E-state index >= 15 is 0 Å². The molecule has 27 heavy (non-hydrogen) atoms. The smallest absolute Gasteiger partial charge is 0.246 e. The van der Waals surface area contributed by atoms with Crippen LogP contribution in [0.4, 0.5) is 0 Å². The molecular weight excluding hydrogens is 382 g/mol. The largest absolute Gasteiger partial charge is 0.346 e. The van der Waals surface area contributed by atoms with Crippen molar-refractivity contribution in [3.8, 4) is 11.4 Å². The van der Waals surface area contributed by atoms with Crippen LogP contribution in [0.15, 0.2) is 57.9 Å². The van der Waals surface area contributed by atoms with E-state index in [1.54, 1.807) is 0 Å². The van der Waals surface area contributed by atoms with Gasteiger partial charge in [-0.15, -0.1) is 11.8 Å². The summed E-state index contributed by atoms with van der Waals surface area (Å²) >= 11 is 7.41. The number of aryl methyl sites for hydroxylation is 1. The molecular formula is C20H20ClN3O2S. The summed E-state index contributed by atoms with van der Waals surface area (Å²) in [5, 5.41) is 7.33. The van der Waals surface area contributed by atoms with E-state index in [9.17, 15) is 4.79 Å². The third-order valence-corrected chi connectivity index (χ3v) is 5.58. The lowest BCUT2D eigenvalue weighted by Crippen LogP contribution is -2.31. The molecule has 0 aliphatic carbocycles. The van der Waals surface area contributed by atoms with E-state index < -0.39 is 0 Å². The lowest BCUT2D eigenvalue weighted by Gasteiger charge is -2.13. The Morgan fingerprint density at radius 2 is 1.89 bits per heavy atom. The van der Waals surface area contributed by atoms with Crippen molar-refractivity contribution in [3.63, 3.8) is 0 Å². The van der Waals surface area contributed by atoms with Crippen molar-refractivity contribution in [1.82, 2.24) is 15.5 Å². The molecule has 2 aromatic carbocycles. The minimum absolute atomic E-state index is 0.0625. The summed E-state index contributed by atoms with van der Waals surface area (Å²) in [5.41, 5.74) is 2.05. The van der Waals surface area contributed by atoms with Crippen LogP contribution in [-0.4, -0.2) is 21.3 Å². The molecule has 0 saturated carbocycles. The molecule has 0 saturated heterocycles. The summed E-state index contributed by atoms with van der Waals surface area (Å²) in [6, 6.07) is 15.3. The molecule has 0 spiro atoms. The van der Waals surface area contributed by atoms with Gasteiger partial charge in [-0.2, -0.15) is 4.98 Å². The van der Waals surface area contributed by atoms with E-state index in [2.05, 4.69) is 15.5 Å². The lowest BCUT2D eigenvalue weighted by molar-refractivity contribution is -0.120. The van der Waals surface area contributed by atoms with E-state index in [-0.39, 0.29) is 17.7 Å². The summed E-state index contributed by atoms with van der Waals surface area (Å²) in [6.45, 7) is 4.21. The second-order valence-corrected chi connectivity index (χ2v) is 7.78. The normalized spacial score (nSPS) is 12.0. The molecule has 140 valence electrons. The van der Waals surface area contributed by atoms with Crippen LogP contribution < -0.4 is 5.32 Å². The van der Waals surface area contributed by atoms with Gasteiger partial charge in [0, 0.05) is 15.5 Å². The standard InChI is InChI=1S/C20H20ClN3O2S/c1-3-17(27-16-10-8-15(21)9-11-16)20(25)22-12-18-23-19(24-26-18)14-6-4-13(2)5-7-14/h4-11,17H,3,12H2,1-2H3,(H,22,25)/t17-/m1/s1. The average Bonchev–Trinajstić information content (AvgIpc) is 3.15. The van der Waals surface area contributed by atoms with Gasteiger partial charge in [0.15, 0.2) is 0 Å². The Hall–Kier alpha value is -2.31. The number of amides is 1. The Labute approximate surface area is 167 Å². The van der Waals surface area contributed by atoms with Crippen molar-refractivity contribution in [2.75, 3.05) is 0 Å². The van der Waals surface area contributed by atoms with Crippen LogP contribution in [0, 0.1) is 6.92 Å². The Morgan fingerprint density at radius 1 is 1.19 bits per heavy atom. The first-order chi connectivity index (χ1) is 13.0. The predicted molar refractivity (Wildman–Crippen MR) is 108 cm³/mol. The van der Waals surface area contributed by atoms with Crippen molar-refractivity contribution in [2.45, 2.75) is 37.0 Å². The quantitative estimate of drug-likeness (QED) is 0.571. The molecule has 3 aromatic rings. The zero-order valence-electron chi connectivity index (χ0n) is 15.1. The van der Waals surface area contributed by atoms with Gasteiger partial charge < -0.3 is 9.84 Å². The molecule has 0 unspecified atom stereocenters. The molecule has 1 amide bonds. The van der Waals surface area contributed by atoms with Crippen LogP contribution in [0.2, 0.25) is 5.02 Å². The third-order valence-electron chi connectivity index (χ3n) is 3.95. The van der Waals surface area contributed by atoms with Crippen molar-refractivity contribution in [2.24, 2.45) is 0 Å². The van der Waals surface area contributed by atoms with Crippen molar-refractivity contribution >= 4 is 29.3 Å². The highest BCUT2D eigenvalue weighted by atomic mass is 35.5. The highest BCUT2D eigenvalue weighted by Gasteiger charge is 2.19. The van der Waals surface area contributed by atoms with Crippen LogP contribution in [0.1, 0.15) is 24.8 Å². The second-order valence-electron chi connectivity index (χ2n) is 6.06. The van der Waals surface area contributed by atoms with Gasteiger partial charge in [0.1, 0.15) is 0 Å². The summed E-state index contributed by atoms with van der Waals surface area (Å²) in [7, 11) is 0. The van der Waals surface area contributed by atoms with Crippen molar-refractivity contribution < 1.29 is 9.32 Å². The van der Waals surface area contributed by atoms with Gasteiger partial charge in [-0.05, 0) is 37.6 Å². The number of benzene rings is 2. The van der Waals surface area contributed by atoms with Gasteiger partial charge in [-0.3, -0.25) is 4.79 Å². The minimum Gasteiger partial charge on any atom is -0.346 e. The molecule has 1 N–H and O–H groups in total. The van der Waals surface area contributed by atoms with Crippen LogP contribution in [-0.2, 0) is 11.3 Å². The van der Waals surface area contributed by atoms with Crippen LogP contribution in [0.25, 0.3) is 11.4 Å². The molecule has 1 heterocycles. The monoisotopic (exact) mass is 401 g/mol. The fourth-order valence-electron chi connectivity index (χ4n) is 2.42. The zero-order chi connectivity index (χ0) is 19.2. The van der Waals surface area contributed by atoms with E-state index in [0.29, 0.717) is 23.2 Å². The Morgan fingerprint density at radius 3 is 2.56 bits per heavy atom. The number of halogens is 1. The lowest BCUT2D eigenvalue weighted by atomic mass is 10.1. The van der Waals surface area contributed by atoms with Crippen LogP contribution in [0.3, 0.4) is 0 Å². The zero-order valence-corrected chi connectivity index (χ0v) is 16.7. The van der Waals surface area contributed by atoms with Gasteiger partial charge in [0.05, 0.1) is 11.8 Å². The number of nitrogens with one attached hydrogen (secondary N) is 1. The number of nitrogens with zero attached hydrogens (tertiary/aromatic N) is 2. The Balaban J connectivity index is 1.57. The van der Waals surface area contributed by atoms with Crippen molar-refractivity contribution in [1.29, 1.82) is 0 Å².